The Kier molecular flexibility index (Phi) is 16.0. The third-order valence-electron chi connectivity index (χ3n) is 0.354. The van der Waals surface area contributed by atoms with E-state index in [1.165, 1.54) is 6.42 Å². The zero-order chi connectivity index (χ0) is 3.41. The smallest absolute Gasteiger partial charge is 0.0533 e. The quantitative estimate of drug-likeness (QED) is 0.445. The summed E-state index contributed by atoms with van der Waals surface area (Å²) in [6.07, 6.45) is 2.28. The predicted molar refractivity (Wildman–Crippen MR) is 26.7 cm³/mol. The van der Waals surface area contributed by atoms with E-state index in [4.69, 9.17) is 0 Å². The minimum absolute atomic E-state index is 0. The summed E-state index contributed by atoms with van der Waals surface area (Å²) < 4.78 is 0. The molecule has 0 aliphatic heterocycles. The van der Waals surface area contributed by atoms with Gasteiger partial charge in [0.15, 0.2) is 0 Å². The summed E-state index contributed by atoms with van der Waals surface area (Å²) in [5, 5.41) is 0. The highest BCUT2D eigenvalue weighted by Gasteiger charge is 1.56. The molecule has 0 saturated carbocycles. The average Bonchev–Trinajstić information content (AvgIpc) is 1.37. The Morgan fingerprint density at radius 1 is 1.60 bits per heavy atom. The summed E-state index contributed by atoms with van der Waals surface area (Å²) in [5.74, 6) is 0. The number of rotatable bonds is 1. The van der Waals surface area contributed by atoms with Crippen LogP contribution in [0.5, 0.6) is 0 Å². The van der Waals surface area contributed by atoms with Crippen molar-refractivity contribution in [3.05, 3.63) is 14.4 Å². The molecule has 0 amide bonds. The standard InChI is InChI=1S/C4H9.CH3/c1-3-4-2;/h1,3-4H2,2H3;1H3. The molecule has 0 atom stereocenters. The summed E-state index contributed by atoms with van der Waals surface area (Å²) in [6.45, 7) is 5.72. The fourth-order valence-electron chi connectivity index (χ4n) is 0. The third kappa shape index (κ3) is 16.0. The van der Waals surface area contributed by atoms with E-state index >= 15 is 0 Å². The first kappa shape index (κ1) is 8.89. The molecule has 32 valence electrons. The van der Waals surface area contributed by atoms with Crippen molar-refractivity contribution < 1.29 is 0 Å². The molecule has 0 spiro atoms. The van der Waals surface area contributed by atoms with Gasteiger partial charge in [0.2, 0.25) is 0 Å². The van der Waals surface area contributed by atoms with Gasteiger partial charge in [-0.2, -0.15) is 0 Å². The van der Waals surface area contributed by atoms with Crippen LogP contribution in [0, 0.1) is 14.4 Å². The molecular weight excluding hydrogens is 60.1 g/mol. The number of unbranched alkanes of at least 4 members (excludes halogenated alkanes) is 1. The fourth-order valence-corrected chi connectivity index (χ4v) is 0. The average molecular weight is 72.2 g/mol. The van der Waals surface area contributed by atoms with E-state index in [1.54, 1.807) is 0 Å². The van der Waals surface area contributed by atoms with E-state index < -0.39 is 0 Å². The second-order valence-corrected chi connectivity index (χ2v) is 0.854. The molecule has 0 aliphatic carbocycles. The lowest BCUT2D eigenvalue weighted by molar-refractivity contribution is 0.956. The lowest BCUT2D eigenvalue weighted by atomic mass is 10.4. The molecule has 0 rings (SSSR count). The topological polar surface area (TPSA) is 0 Å². The fraction of sp³-hybridized carbons (Fsp3) is 0.600. The molecule has 0 heterocycles. The van der Waals surface area contributed by atoms with Crippen LogP contribution in [0.1, 0.15) is 19.8 Å². The molecule has 0 heteroatoms. The van der Waals surface area contributed by atoms with Crippen LogP contribution in [0.15, 0.2) is 0 Å². The van der Waals surface area contributed by atoms with Crippen molar-refractivity contribution >= 4 is 0 Å². The summed E-state index contributed by atoms with van der Waals surface area (Å²) in [5.41, 5.74) is 0. The lowest BCUT2D eigenvalue weighted by Crippen LogP contribution is -1.48. The molecule has 0 saturated heterocycles. The normalized spacial score (nSPS) is 6.00. The first-order chi connectivity index (χ1) is 1.91. The van der Waals surface area contributed by atoms with Gasteiger partial charge in [0.1, 0.15) is 0 Å². The first-order valence-corrected chi connectivity index (χ1v) is 1.71. The van der Waals surface area contributed by atoms with Gasteiger partial charge in [0.05, 0.1) is 0 Å². The molecule has 0 aliphatic rings. The Bertz CT molecular complexity index is 2.00. The van der Waals surface area contributed by atoms with Gasteiger partial charge in [-0.3, -0.25) is 0 Å². The molecule has 0 aromatic rings. The second kappa shape index (κ2) is 9.00. The Morgan fingerprint density at radius 3 is 1.80 bits per heavy atom. The van der Waals surface area contributed by atoms with Gasteiger partial charge in [-0.15, -0.1) is 0 Å². The maximum atomic E-state index is 3.60. The highest BCUT2D eigenvalue weighted by Crippen LogP contribution is 1.75. The summed E-state index contributed by atoms with van der Waals surface area (Å²) in [6, 6.07) is 0. The van der Waals surface area contributed by atoms with Gasteiger partial charge in [0.25, 0.3) is 0 Å². The maximum absolute atomic E-state index is 3.60. The molecule has 0 fully saturated rings. The Hall–Kier alpha value is 0. The van der Waals surface area contributed by atoms with Crippen molar-refractivity contribution in [2.24, 2.45) is 0 Å². The Morgan fingerprint density at radius 2 is 1.80 bits per heavy atom. The van der Waals surface area contributed by atoms with Crippen LogP contribution >= 0.6 is 0 Å². The molecule has 0 unspecified atom stereocenters. The van der Waals surface area contributed by atoms with Gasteiger partial charge in [-0.05, 0) is 0 Å². The highest BCUT2D eigenvalue weighted by molar-refractivity contribution is 4.29. The zero-order valence-electron chi connectivity index (χ0n) is 4.12. The van der Waals surface area contributed by atoms with Crippen LogP contribution < -0.4 is 0 Å². The lowest BCUT2D eigenvalue weighted by Gasteiger charge is -1.67. The van der Waals surface area contributed by atoms with Crippen LogP contribution in [0.3, 0.4) is 0 Å². The SMILES string of the molecule is [CH2]CCC.[CH3]. The molecule has 0 aromatic heterocycles. The van der Waals surface area contributed by atoms with Gasteiger partial charge in [-0.1, -0.05) is 34.1 Å². The van der Waals surface area contributed by atoms with Crippen molar-refractivity contribution in [3.8, 4) is 0 Å². The monoisotopic (exact) mass is 72.1 g/mol. The molecule has 0 aromatic carbocycles. The van der Waals surface area contributed by atoms with Gasteiger partial charge in [-0.25, -0.2) is 0 Å². The Balaban J connectivity index is 0. The summed E-state index contributed by atoms with van der Waals surface area (Å²) in [7, 11) is 0. The van der Waals surface area contributed by atoms with Crippen LogP contribution in [0.25, 0.3) is 0 Å². The van der Waals surface area contributed by atoms with E-state index in [9.17, 15) is 0 Å². The van der Waals surface area contributed by atoms with E-state index in [1.807, 2.05) is 0 Å². The van der Waals surface area contributed by atoms with Crippen LogP contribution in [0.2, 0.25) is 0 Å². The van der Waals surface area contributed by atoms with Crippen LogP contribution in [0.4, 0.5) is 0 Å². The van der Waals surface area contributed by atoms with Crippen molar-refractivity contribution in [2.45, 2.75) is 19.8 Å². The van der Waals surface area contributed by atoms with Crippen LogP contribution in [-0.4, -0.2) is 0 Å². The third-order valence-corrected chi connectivity index (χ3v) is 0.354. The van der Waals surface area contributed by atoms with Gasteiger partial charge in [0, 0.05) is 0 Å². The van der Waals surface area contributed by atoms with Gasteiger partial charge >= 0.3 is 0 Å². The minimum Gasteiger partial charge on any atom is -0.0683 e. The maximum Gasteiger partial charge on any atom is -0.0533 e. The van der Waals surface area contributed by atoms with Gasteiger partial charge < -0.3 is 0 Å². The van der Waals surface area contributed by atoms with Crippen molar-refractivity contribution in [3.63, 3.8) is 0 Å². The van der Waals surface area contributed by atoms with Crippen molar-refractivity contribution in [1.82, 2.24) is 0 Å². The van der Waals surface area contributed by atoms with E-state index in [0.29, 0.717) is 0 Å². The van der Waals surface area contributed by atoms with E-state index in [2.05, 4.69) is 13.8 Å². The summed E-state index contributed by atoms with van der Waals surface area (Å²) >= 11 is 0. The van der Waals surface area contributed by atoms with Crippen molar-refractivity contribution in [2.75, 3.05) is 0 Å². The molecular formula is C5H12. The zero-order valence-corrected chi connectivity index (χ0v) is 4.12. The number of hydrogen-bond acceptors (Lipinski definition) is 0. The van der Waals surface area contributed by atoms with E-state index in [-0.39, 0.29) is 7.43 Å². The molecule has 0 nitrogen and oxygen atoms in total. The molecule has 0 N–H and O–H groups in total. The molecule has 5 heavy (non-hydrogen) atoms. The van der Waals surface area contributed by atoms with Crippen molar-refractivity contribution in [1.29, 1.82) is 0 Å². The molecule has 2 radical (unpaired) electrons. The Labute approximate surface area is 35.2 Å². The highest BCUT2D eigenvalue weighted by atomic mass is 13.6. The van der Waals surface area contributed by atoms with Crippen LogP contribution in [-0.2, 0) is 0 Å². The number of hydrogen-bond donors (Lipinski definition) is 0. The largest absolute Gasteiger partial charge is 0.0683 e. The molecule has 0 bridgehead atoms. The minimum atomic E-state index is 0. The first-order valence-electron chi connectivity index (χ1n) is 1.71. The van der Waals surface area contributed by atoms with E-state index in [0.717, 1.165) is 6.42 Å². The summed E-state index contributed by atoms with van der Waals surface area (Å²) in [4.78, 5) is 0. The second-order valence-electron chi connectivity index (χ2n) is 0.854. The predicted octanol–water partition coefficient (Wildman–Crippen LogP) is 2.07.